The number of benzene rings is 1. The van der Waals surface area contributed by atoms with Crippen molar-refractivity contribution >= 4 is 60.8 Å². The van der Waals surface area contributed by atoms with E-state index < -0.39 is 0 Å². The molecule has 2 aromatic heterocycles. The minimum absolute atomic E-state index is 0.513. The first-order valence-corrected chi connectivity index (χ1v) is 8.81. The number of anilines is 2. The number of thiazole rings is 1. The molecule has 104 valence electrons. The fourth-order valence-corrected chi connectivity index (χ4v) is 3.78. The van der Waals surface area contributed by atoms with Crippen molar-refractivity contribution in [3.05, 3.63) is 40.5 Å². The molecule has 21 heavy (non-hydrogen) atoms. The molecule has 0 atom stereocenters. The largest absolute Gasteiger partial charge is 0.353 e. The van der Waals surface area contributed by atoms with Crippen LogP contribution in [0.25, 0.3) is 10.3 Å². The predicted molar refractivity (Wildman–Crippen MR) is 91.3 cm³/mol. The van der Waals surface area contributed by atoms with Crippen molar-refractivity contribution in [2.75, 3.05) is 11.6 Å². The second kappa shape index (κ2) is 6.02. The number of thioether (sulfide) groups is 1. The molecule has 1 aromatic carbocycles. The Bertz CT molecular complexity index is 854. The number of nitrogens with one attached hydrogen (secondary N) is 1. The van der Waals surface area contributed by atoms with Crippen LogP contribution in [0.15, 0.2) is 39.3 Å². The molecule has 0 unspecified atom stereocenters. The van der Waals surface area contributed by atoms with Crippen LogP contribution in [0.1, 0.15) is 5.56 Å². The van der Waals surface area contributed by atoms with E-state index in [1.807, 2.05) is 30.5 Å². The van der Waals surface area contributed by atoms with Crippen LogP contribution < -0.4 is 5.32 Å². The molecule has 0 aliphatic rings. The molecule has 0 aliphatic heterocycles. The van der Waals surface area contributed by atoms with Gasteiger partial charge >= 0.3 is 0 Å². The number of nitrogens with zero attached hydrogens (tertiary/aromatic N) is 3. The second-order valence-electron chi connectivity index (χ2n) is 4.13. The Labute approximate surface area is 138 Å². The third kappa shape index (κ3) is 2.88. The van der Waals surface area contributed by atoms with Gasteiger partial charge in [-0.15, -0.1) is 11.3 Å². The highest BCUT2D eigenvalue weighted by molar-refractivity contribution is 9.10. The number of fused-ring (bicyclic) bond motifs is 1. The van der Waals surface area contributed by atoms with Gasteiger partial charge in [0.25, 0.3) is 0 Å². The highest BCUT2D eigenvalue weighted by Crippen LogP contribution is 2.36. The topological polar surface area (TPSA) is 61.6 Å². The Morgan fingerprint density at radius 3 is 3.00 bits per heavy atom. The smallest absolute Gasteiger partial charge is 0.173 e. The molecule has 0 saturated carbocycles. The van der Waals surface area contributed by atoms with Gasteiger partial charge in [0.2, 0.25) is 0 Å². The number of hydrogen-bond acceptors (Lipinski definition) is 6. The van der Waals surface area contributed by atoms with Gasteiger partial charge in [0.1, 0.15) is 6.07 Å². The Kier molecular flexibility index (Phi) is 4.10. The summed E-state index contributed by atoms with van der Waals surface area (Å²) < 4.78 is 2.81. The van der Waals surface area contributed by atoms with E-state index in [4.69, 9.17) is 0 Å². The average molecular weight is 377 g/mol. The molecule has 7 heteroatoms. The molecule has 3 rings (SSSR count). The van der Waals surface area contributed by atoms with Crippen molar-refractivity contribution < 1.29 is 0 Å². The summed E-state index contributed by atoms with van der Waals surface area (Å²) in [6.45, 7) is 0. The summed E-state index contributed by atoms with van der Waals surface area (Å²) in [4.78, 5) is 8.69. The van der Waals surface area contributed by atoms with Gasteiger partial charge in [-0.3, -0.25) is 0 Å². The van der Waals surface area contributed by atoms with Gasteiger partial charge in [-0.05, 0) is 24.5 Å². The predicted octanol–water partition coefficient (Wildman–Crippen LogP) is 4.79. The lowest BCUT2D eigenvalue weighted by Crippen LogP contribution is -1.95. The van der Waals surface area contributed by atoms with Crippen LogP contribution in [0.5, 0.6) is 0 Å². The summed E-state index contributed by atoms with van der Waals surface area (Å²) in [5, 5.41) is 12.6. The minimum Gasteiger partial charge on any atom is -0.353 e. The zero-order valence-electron chi connectivity index (χ0n) is 10.9. The second-order valence-corrected chi connectivity index (χ2v) is 7.10. The van der Waals surface area contributed by atoms with Crippen LogP contribution in [0, 0.1) is 11.3 Å². The maximum Gasteiger partial charge on any atom is 0.173 e. The highest BCUT2D eigenvalue weighted by atomic mass is 79.9. The molecule has 1 N–H and O–H groups in total. The summed E-state index contributed by atoms with van der Waals surface area (Å²) in [5.41, 5.74) is 2.85. The van der Waals surface area contributed by atoms with Crippen molar-refractivity contribution in [2.45, 2.75) is 4.34 Å². The SMILES string of the molecule is CSc1nc2ncc(C#N)c(Nc3cccc(Br)c3)c2s1. The molecular weight excluding hydrogens is 368 g/mol. The lowest BCUT2D eigenvalue weighted by Gasteiger charge is -2.09. The Morgan fingerprint density at radius 1 is 1.43 bits per heavy atom. The zero-order valence-corrected chi connectivity index (χ0v) is 14.1. The van der Waals surface area contributed by atoms with E-state index in [0.29, 0.717) is 11.2 Å². The first-order chi connectivity index (χ1) is 10.2. The molecule has 0 radical (unpaired) electrons. The Balaban J connectivity index is 2.15. The van der Waals surface area contributed by atoms with Crippen molar-refractivity contribution in [3.8, 4) is 6.07 Å². The molecule has 0 bridgehead atoms. The summed E-state index contributed by atoms with van der Waals surface area (Å²) in [7, 11) is 0. The van der Waals surface area contributed by atoms with Gasteiger partial charge in [-0.2, -0.15) is 5.26 Å². The standard InChI is InChI=1S/C14H9BrN4S2/c1-20-14-19-13-12(21-14)11(8(6-16)7-17-13)18-10-4-2-3-9(15)5-10/h2-5,7H,1H3,(H,17,18). The maximum atomic E-state index is 9.31. The maximum absolute atomic E-state index is 9.31. The molecule has 3 aromatic rings. The molecule has 0 saturated heterocycles. The van der Waals surface area contributed by atoms with Gasteiger partial charge in [-0.1, -0.05) is 33.8 Å². The summed E-state index contributed by atoms with van der Waals surface area (Å²) in [6, 6.07) is 10.00. The van der Waals surface area contributed by atoms with Crippen LogP contribution in [-0.2, 0) is 0 Å². The number of halogens is 1. The van der Waals surface area contributed by atoms with Crippen LogP contribution in [0.2, 0.25) is 0 Å². The highest BCUT2D eigenvalue weighted by Gasteiger charge is 2.14. The quantitative estimate of drug-likeness (QED) is 0.665. The van der Waals surface area contributed by atoms with Crippen molar-refractivity contribution in [1.29, 1.82) is 5.26 Å². The summed E-state index contributed by atoms with van der Waals surface area (Å²) in [5.74, 6) is 0. The van der Waals surface area contributed by atoms with Crippen LogP contribution in [-0.4, -0.2) is 16.2 Å². The van der Waals surface area contributed by atoms with Gasteiger partial charge in [-0.25, -0.2) is 9.97 Å². The van der Waals surface area contributed by atoms with E-state index in [1.54, 1.807) is 29.3 Å². The number of aromatic nitrogens is 2. The number of hydrogen-bond donors (Lipinski definition) is 1. The molecular formula is C14H9BrN4S2. The third-order valence-corrected chi connectivity index (χ3v) is 5.33. The molecule has 0 fully saturated rings. The van der Waals surface area contributed by atoms with Crippen molar-refractivity contribution in [2.24, 2.45) is 0 Å². The first-order valence-electron chi connectivity index (χ1n) is 5.97. The van der Waals surface area contributed by atoms with Gasteiger partial charge in [0.05, 0.1) is 16.0 Å². The molecule has 0 spiro atoms. The van der Waals surface area contributed by atoms with Gasteiger partial charge in [0.15, 0.2) is 9.99 Å². The third-order valence-electron chi connectivity index (χ3n) is 2.79. The number of pyridine rings is 1. The fourth-order valence-electron chi connectivity index (χ4n) is 1.86. The van der Waals surface area contributed by atoms with E-state index in [1.165, 1.54) is 0 Å². The van der Waals surface area contributed by atoms with Crippen LogP contribution in [0.3, 0.4) is 0 Å². The molecule has 0 amide bonds. The van der Waals surface area contributed by atoms with E-state index in [9.17, 15) is 5.26 Å². The van der Waals surface area contributed by atoms with E-state index in [0.717, 1.165) is 24.9 Å². The number of rotatable bonds is 3. The van der Waals surface area contributed by atoms with Crippen molar-refractivity contribution in [1.82, 2.24) is 9.97 Å². The van der Waals surface area contributed by atoms with E-state index >= 15 is 0 Å². The van der Waals surface area contributed by atoms with Gasteiger partial charge < -0.3 is 5.32 Å². The minimum atomic E-state index is 0.513. The van der Waals surface area contributed by atoms with E-state index in [2.05, 4.69) is 37.3 Å². The molecule has 2 heterocycles. The number of nitriles is 1. The lowest BCUT2D eigenvalue weighted by molar-refractivity contribution is 1.23. The van der Waals surface area contributed by atoms with E-state index in [-0.39, 0.29) is 0 Å². The molecule has 4 nitrogen and oxygen atoms in total. The zero-order chi connectivity index (χ0) is 14.8. The van der Waals surface area contributed by atoms with Crippen LogP contribution in [0.4, 0.5) is 11.4 Å². The van der Waals surface area contributed by atoms with Crippen LogP contribution >= 0.6 is 39.0 Å². The monoisotopic (exact) mass is 376 g/mol. The Morgan fingerprint density at radius 2 is 2.29 bits per heavy atom. The first kappa shape index (κ1) is 14.3. The van der Waals surface area contributed by atoms with Crippen molar-refractivity contribution in [3.63, 3.8) is 0 Å². The Hall–Kier alpha value is -1.62. The fraction of sp³-hybridized carbons (Fsp3) is 0.0714. The lowest BCUT2D eigenvalue weighted by atomic mass is 10.2. The normalized spacial score (nSPS) is 10.5. The summed E-state index contributed by atoms with van der Waals surface area (Å²) >= 11 is 6.56. The molecule has 0 aliphatic carbocycles. The average Bonchev–Trinajstić information content (AvgIpc) is 2.91. The summed E-state index contributed by atoms with van der Waals surface area (Å²) in [6.07, 6.45) is 3.54. The van der Waals surface area contributed by atoms with Gasteiger partial charge in [0, 0.05) is 16.4 Å².